The highest BCUT2D eigenvalue weighted by Crippen LogP contribution is 2.32. The number of carbonyl (C=O) groups excluding carboxylic acids is 3. The second kappa shape index (κ2) is 12.7. The third-order valence-electron chi connectivity index (χ3n) is 8.21. The zero-order valence-electron chi connectivity index (χ0n) is 25.2. The lowest BCUT2D eigenvalue weighted by Crippen LogP contribution is -2.65. The third kappa shape index (κ3) is 6.06. The van der Waals surface area contributed by atoms with Gasteiger partial charge in [0.05, 0.1) is 35.6 Å². The van der Waals surface area contributed by atoms with Gasteiger partial charge in [0.15, 0.2) is 5.13 Å². The van der Waals surface area contributed by atoms with Crippen LogP contribution in [0.2, 0.25) is 0 Å². The van der Waals surface area contributed by atoms with Crippen LogP contribution in [0.25, 0.3) is 10.2 Å². The number of amides is 4. The summed E-state index contributed by atoms with van der Waals surface area (Å²) in [4.78, 5) is 53.6. The molecule has 46 heavy (non-hydrogen) atoms. The van der Waals surface area contributed by atoms with Crippen LogP contribution in [0.4, 0.5) is 20.0 Å². The Morgan fingerprint density at radius 1 is 1.13 bits per heavy atom. The lowest BCUT2D eigenvalue weighted by molar-refractivity contribution is -0.157. The molecule has 6 rings (SSSR count). The molecule has 0 radical (unpaired) electrons. The van der Waals surface area contributed by atoms with Crippen molar-refractivity contribution >= 4 is 55.9 Å². The fraction of sp³-hybridized carbons (Fsp3) is 0.242. The molecule has 0 aliphatic carbocycles. The van der Waals surface area contributed by atoms with Crippen LogP contribution in [0.5, 0.6) is 0 Å². The first-order valence-corrected chi connectivity index (χ1v) is 15.5. The van der Waals surface area contributed by atoms with Crippen molar-refractivity contribution in [3.63, 3.8) is 0 Å². The molecule has 4 amide bonds. The van der Waals surface area contributed by atoms with Gasteiger partial charge in [0.25, 0.3) is 0 Å². The van der Waals surface area contributed by atoms with Gasteiger partial charge in [-0.15, -0.1) is 6.58 Å². The first-order chi connectivity index (χ1) is 22.1. The number of fused-ring (bicyclic) bond motifs is 2. The SMILES string of the molecule is C=CCN(C(=O)/N=C(\C)c1ccc(F)cc1)N1CC(=O)N2[C@@H](Cc3ccc(N)cc3)C(=O)N(Cc3cccc4sc(N)nc34)C[C@@H]21. The van der Waals surface area contributed by atoms with Crippen molar-refractivity contribution in [3.05, 3.63) is 102 Å². The van der Waals surface area contributed by atoms with Crippen LogP contribution >= 0.6 is 11.3 Å². The topological polar surface area (TPSA) is 141 Å². The summed E-state index contributed by atoms with van der Waals surface area (Å²) in [6.07, 6.45) is 1.16. The molecule has 2 aliphatic heterocycles. The second-order valence-electron chi connectivity index (χ2n) is 11.2. The molecular formula is C33H33FN8O3S. The van der Waals surface area contributed by atoms with Crippen molar-refractivity contribution in [2.45, 2.75) is 32.1 Å². The maximum atomic E-state index is 14.2. The Hall–Kier alpha value is -5.14. The Bertz CT molecular complexity index is 1840. The lowest BCUT2D eigenvalue weighted by atomic mass is 9.99. The van der Waals surface area contributed by atoms with E-state index in [4.69, 9.17) is 11.5 Å². The number of urea groups is 1. The second-order valence-corrected chi connectivity index (χ2v) is 12.3. The minimum atomic E-state index is -0.829. The highest BCUT2D eigenvalue weighted by Gasteiger charge is 2.52. The van der Waals surface area contributed by atoms with Crippen molar-refractivity contribution in [1.29, 1.82) is 0 Å². The highest BCUT2D eigenvalue weighted by atomic mass is 32.1. The number of hydrogen-bond donors (Lipinski definition) is 2. The predicted molar refractivity (Wildman–Crippen MR) is 176 cm³/mol. The molecule has 2 fully saturated rings. The van der Waals surface area contributed by atoms with Gasteiger partial charge in [-0.3, -0.25) is 9.59 Å². The molecule has 0 bridgehead atoms. The number of nitrogens with two attached hydrogens (primary N) is 2. The van der Waals surface area contributed by atoms with E-state index in [0.717, 1.165) is 21.3 Å². The molecule has 2 atom stereocenters. The average Bonchev–Trinajstić information content (AvgIpc) is 3.58. The minimum absolute atomic E-state index is 0.0740. The van der Waals surface area contributed by atoms with Gasteiger partial charge >= 0.3 is 6.03 Å². The van der Waals surface area contributed by atoms with E-state index >= 15 is 0 Å². The number of halogens is 1. The van der Waals surface area contributed by atoms with Gasteiger partial charge in [-0.1, -0.05) is 53.8 Å². The largest absolute Gasteiger partial charge is 0.399 e. The van der Waals surface area contributed by atoms with Crippen LogP contribution in [0.3, 0.4) is 0 Å². The van der Waals surface area contributed by atoms with Crippen LogP contribution in [0.15, 0.2) is 84.4 Å². The number of carbonyl (C=O) groups is 3. The number of hydrazine groups is 1. The molecule has 2 saturated heterocycles. The Morgan fingerprint density at radius 3 is 2.59 bits per heavy atom. The number of rotatable bonds is 8. The summed E-state index contributed by atoms with van der Waals surface area (Å²) in [5.41, 5.74) is 15.9. The number of thiazole rings is 1. The summed E-state index contributed by atoms with van der Waals surface area (Å²) in [7, 11) is 0. The summed E-state index contributed by atoms with van der Waals surface area (Å²) in [5.74, 6) is -0.893. The number of anilines is 2. The van der Waals surface area contributed by atoms with E-state index in [9.17, 15) is 18.8 Å². The molecule has 236 valence electrons. The Labute approximate surface area is 269 Å². The molecule has 0 spiro atoms. The van der Waals surface area contributed by atoms with Crippen LogP contribution in [-0.2, 0) is 22.6 Å². The predicted octanol–water partition coefficient (Wildman–Crippen LogP) is 4.06. The summed E-state index contributed by atoms with van der Waals surface area (Å²) >= 11 is 1.37. The molecule has 0 saturated carbocycles. The van der Waals surface area contributed by atoms with Gasteiger partial charge < -0.3 is 21.3 Å². The molecule has 11 nitrogen and oxygen atoms in total. The minimum Gasteiger partial charge on any atom is -0.399 e. The molecular weight excluding hydrogens is 607 g/mol. The van der Waals surface area contributed by atoms with Gasteiger partial charge in [0.2, 0.25) is 11.8 Å². The van der Waals surface area contributed by atoms with Crippen molar-refractivity contribution in [3.8, 4) is 0 Å². The van der Waals surface area contributed by atoms with Crippen molar-refractivity contribution < 1.29 is 18.8 Å². The monoisotopic (exact) mass is 640 g/mol. The summed E-state index contributed by atoms with van der Waals surface area (Å²) < 4.78 is 14.4. The maximum absolute atomic E-state index is 14.2. The van der Waals surface area contributed by atoms with Crippen molar-refractivity contribution in [2.75, 3.05) is 31.1 Å². The Kier molecular flexibility index (Phi) is 8.52. The fourth-order valence-corrected chi connectivity index (χ4v) is 6.78. The lowest BCUT2D eigenvalue weighted by Gasteiger charge is -2.46. The number of hydrogen-bond acceptors (Lipinski definition) is 8. The number of nitrogens with zero attached hydrogens (tertiary/aromatic N) is 6. The number of benzene rings is 3. The quantitative estimate of drug-likeness (QED) is 0.168. The normalized spacial score (nSPS) is 18.7. The van der Waals surface area contributed by atoms with Gasteiger partial charge in [-0.25, -0.2) is 19.2 Å². The van der Waals surface area contributed by atoms with Crippen LogP contribution in [-0.4, -0.2) is 80.2 Å². The summed E-state index contributed by atoms with van der Waals surface area (Å²) in [6, 6.07) is 17.2. The molecule has 1 aromatic heterocycles. The van der Waals surface area contributed by atoms with Crippen LogP contribution in [0, 0.1) is 5.82 Å². The molecule has 4 N–H and O–H groups in total. The first kappa shape index (κ1) is 30.9. The Balaban J connectivity index is 1.35. The number of aliphatic imine (C=N–C) groups is 1. The summed E-state index contributed by atoms with van der Waals surface area (Å²) in [5, 5.41) is 3.46. The molecule has 2 aliphatic rings. The molecule has 0 unspecified atom stereocenters. The first-order valence-electron chi connectivity index (χ1n) is 14.7. The highest BCUT2D eigenvalue weighted by molar-refractivity contribution is 7.22. The zero-order valence-corrected chi connectivity index (χ0v) is 26.0. The van der Waals surface area contributed by atoms with E-state index in [1.165, 1.54) is 28.5 Å². The van der Waals surface area contributed by atoms with E-state index in [1.807, 2.05) is 30.3 Å². The maximum Gasteiger partial charge on any atom is 0.358 e. The van der Waals surface area contributed by atoms with Crippen LogP contribution in [0.1, 0.15) is 23.6 Å². The number of nitrogen functional groups attached to an aromatic ring is 2. The number of aromatic nitrogens is 1. The van der Waals surface area contributed by atoms with Crippen molar-refractivity contribution in [1.82, 2.24) is 24.8 Å². The standard InChI is InChI=1S/C33H33FN8O3S/c1-3-15-40(33(45)37-20(2)22-9-11-24(34)12-10-22)41-19-29(43)42-26(16-21-7-13-25(35)14-8-21)31(44)39(18-28(41)42)17-23-5-4-6-27-30(23)38-32(36)46-27/h3-14,26,28H,1,15-19,35H2,2H3,(H2,36,38)/b37-20+/t26-,28+/m0/s1. The van der Waals surface area contributed by atoms with E-state index in [2.05, 4.69) is 16.6 Å². The van der Waals surface area contributed by atoms with E-state index < -0.39 is 24.1 Å². The average molecular weight is 641 g/mol. The van der Waals surface area contributed by atoms with E-state index in [0.29, 0.717) is 22.1 Å². The zero-order chi connectivity index (χ0) is 32.5. The van der Waals surface area contributed by atoms with E-state index in [1.54, 1.807) is 52.1 Å². The van der Waals surface area contributed by atoms with Gasteiger partial charge in [-0.2, -0.15) is 10.0 Å². The molecule has 3 heterocycles. The van der Waals surface area contributed by atoms with Crippen LogP contribution < -0.4 is 11.5 Å². The number of piperazine rings is 1. The van der Waals surface area contributed by atoms with Gasteiger partial charge in [0.1, 0.15) is 18.0 Å². The van der Waals surface area contributed by atoms with Crippen molar-refractivity contribution in [2.24, 2.45) is 4.99 Å². The van der Waals surface area contributed by atoms with Gasteiger partial charge in [-0.05, 0) is 53.9 Å². The fourth-order valence-electron chi connectivity index (χ4n) is 6.00. The Morgan fingerprint density at radius 2 is 1.87 bits per heavy atom. The third-order valence-corrected chi connectivity index (χ3v) is 9.06. The number of para-hydroxylation sites is 1. The summed E-state index contributed by atoms with van der Waals surface area (Å²) in [6.45, 7) is 5.80. The molecule has 4 aromatic rings. The van der Waals surface area contributed by atoms with E-state index in [-0.39, 0.29) is 44.4 Å². The van der Waals surface area contributed by atoms with Gasteiger partial charge in [0, 0.05) is 18.7 Å². The smallest absolute Gasteiger partial charge is 0.358 e. The molecule has 3 aromatic carbocycles. The molecule has 13 heteroatoms.